The molecule has 106 valence electrons. The SMILES string of the molecule is N#Cc1ccc(NCC(=O)N2CCCCCC2)c(Cl)c1. The van der Waals surface area contributed by atoms with Crippen LogP contribution in [-0.4, -0.2) is 30.4 Å². The maximum atomic E-state index is 12.1. The number of nitriles is 1. The summed E-state index contributed by atoms with van der Waals surface area (Å²) in [7, 11) is 0. The molecular formula is C15H18ClN3O. The number of hydrogen-bond acceptors (Lipinski definition) is 3. The summed E-state index contributed by atoms with van der Waals surface area (Å²) >= 11 is 6.06. The first-order valence-electron chi connectivity index (χ1n) is 6.92. The molecule has 1 aliphatic heterocycles. The molecule has 1 aliphatic rings. The maximum absolute atomic E-state index is 12.1. The number of likely N-dealkylation sites (tertiary alicyclic amines) is 1. The molecule has 0 bridgehead atoms. The van der Waals surface area contributed by atoms with Crippen LogP contribution in [0.1, 0.15) is 31.2 Å². The monoisotopic (exact) mass is 291 g/mol. The van der Waals surface area contributed by atoms with Gasteiger partial charge in [-0.05, 0) is 31.0 Å². The molecule has 0 aromatic heterocycles. The van der Waals surface area contributed by atoms with Crippen molar-refractivity contribution in [3.8, 4) is 6.07 Å². The van der Waals surface area contributed by atoms with E-state index in [2.05, 4.69) is 5.32 Å². The van der Waals surface area contributed by atoms with Gasteiger partial charge in [0, 0.05) is 13.1 Å². The fraction of sp³-hybridized carbons (Fsp3) is 0.467. The van der Waals surface area contributed by atoms with E-state index in [9.17, 15) is 4.79 Å². The molecule has 1 aromatic carbocycles. The highest BCUT2D eigenvalue weighted by Crippen LogP contribution is 2.22. The van der Waals surface area contributed by atoms with E-state index in [0.717, 1.165) is 25.9 Å². The molecular weight excluding hydrogens is 274 g/mol. The predicted molar refractivity (Wildman–Crippen MR) is 79.7 cm³/mol. The van der Waals surface area contributed by atoms with Gasteiger partial charge in [-0.1, -0.05) is 24.4 Å². The van der Waals surface area contributed by atoms with Crippen LogP contribution in [0, 0.1) is 11.3 Å². The lowest BCUT2D eigenvalue weighted by atomic mass is 10.2. The molecule has 0 saturated carbocycles. The molecule has 0 atom stereocenters. The van der Waals surface area contributed by atoms with Crippen LogP contribution >= 0.6 is 11.6 Å². The lowest BCUT2D eigenvalue weighted by Crippen LogP contribution is -2.36. The summed E-state index contributed by atoms with van der Waals surface area (Å²) in [5.74, 6) is 0.104. The number of carbonyl (C=O) groups is 1. The summed E-state index contributed by atoms with van der Waals surface area (Å²) in [5, 5.41) is 12.3. The van der Waals surface area contributed by atoms with E-state index in [1.807, 2.05) is 11.0 Å². The minimum atomic E-state index is 0.104. The van der Waals surface area contributed by atoms with E-state index >= 15 is 0 Å². The van der Waals surface area contributed by atoms with Crippen molar-refractivity contribution in [3.05, 3.63) is 28.8 Å². The first kappa shape index (κ1) is 14.7. The Labute approximate surface area is 124 Å². The van der Waals surface area contributed by atoms with Crippen LogP contribution in [0.5, 0.6) is 0 Å². The van der Waals surface area contributed by atoms with Gasteiger partial charge in [-0.15, -0.1) is 0 Å². The zero-order valence-corrected chi connectivity index (χ0v) is 12.1. The topological polar surface area (TPSA) is 56.1 Å². The number of anilines is 1. The minimum Gasteiger partial charge on any atom is -0.375 e. The van der Waals surface area contributed by atoms with Gasteiger partial charge in [0.15, 0.2) is 0 Å². The normalized spacial score (nSPS) is 15.3. The van der Waals surface area contributed by atoms with E-state index in [-0.39, 0.29) is 12.5 Å². The molecule has 0 unspecified atom stereocenters. The molecule has 1 amide bonds. The molecule has 1 heterocycles. The Bertz CT molecular complexity index is 516. The molecule has 0 radical (unpaired) electrons. The molecule has 20 heavy (non-hydrogen) atoms. The summed E-state index contributed by atoms with van der Waals surface area (Å²) in [6.07, 6.45) is 4.59. The Kier molecular flexibility index (Phi) is 5.25. The number of amides is 1. The van der Waals surface area contributed by atoms with Gasteiger partial charge in [-0.25, -0.2) is 0 Å². The lowest BCUT2D eigenvalue weighted by Gasteiger charge is -2.21. The molecule has 2 rings (SSSR count). The average molecular weight is 292 g/mol. The Morgan fingerprint density at radius 2 is 2.00 bits per heavy atom. The van der Waals surface area contributed by atoms with Crippen LogP contribution in [0.4, 0.5) is 5.69 Å². The molecule has 1 saturated heterocycles. The second kappa shape index (κ2) is 7.16. The third-order valence-corrected chi connectivity index (χ3v) is 3.80. The highest BCUT2D eigenvalue weighted by Gasteiger charge is 2.15. The first-order valence-corrected chi connectivity index (χ1v) is 7.30. The van der Waals surface area contributed by atoms with Crippen LogP contribution in [0.25, 0.3) is 0 Å². The van der Waals surface area contributed by atoms with Crippen molar-refractivity contribution in [3.63, 3.8) is 0 Å². The Hall–Kier alpha value is -1.73. The van der Waals surface area contributed by atoms with E-state index in [0.29, 0.717) is 16.3 Å². The summed E-state index contributed by atoms with van der Waals surface area (Å²) in [5.41, 5.74) is 1.20. The van der Waals surface area contributed by atoms with E-state index < -0.39 is 0 Å². The van der Waals surface area contributed by atoms with Crippen LogP contribution in [-0.2, 0) is 4.79 Å². The van der Waals surface area contributed by atoms with Crippen molar-refractivity contribution in [2.45, 2.75) is 25.7 Å². The van der Waals surface area contributed by atoms with Crippen LogP contribution in [0.2, 0.25) is 5.02 Å². The molecule has 4 nitrogen and oxygen atoms in total. The number of nitrogens with one attached hydrogen (secondary N) is 1. The van der Waals surface area contributed by atoms with E-state index in [4.69, 9.17) is 16.9 Å². The van der Waals surface area contributed by atoms with Crippen molar-refractivity contribution in [2.75, 3.05) is 25.0 Å². The molecule has 0 aliphatic carbocycles. The van der Waals surface area contributed by atoms with Gasteiger partial charge in [0.1, 0.15) is 0 Å². The van der Waals surface area contributed by atoms with Gasteiger partial charge >= 0.3 is 0 Å². The highest BCUT2D eigenvalue weighted by molar-refractivity contribution is 6.33. The fourth-order valence-corrected chi connectivity index (χ4v) is 2.58. The number of rotatable bonds is 3. The molecule has 1 aromatic rings. The van der Waals surface area contributed by atoms with Gasteiger partial charge in [0.2, 0.25) is 5.91 Å². The standard InChI is InChI=1S/C15H18ClN3O/c16-13-9-12(10-17)5-6-14(13)18-11-15(20)19-7-3-1-2-4-8-19/h5-6,9,18H,1-4,7-8,11H2. The average Bonchev–Trinajstić information content (AvgIpc) is 2.74. The number of carbonyl (C=O) groups excluding carboxylic acids is 1. The minimum absolute atomic E-state index is 0.104. The number of benzene rings is 1. The van der Waals surface area contributed by atoms with Crippen molar-refractivity contribution >= 4 is 23.2 Å². The lowest BCUT2D eigenvalue weighted by molar-refractivity contribution is -0.129. The van der Waals surface area contributed by atoms with Crippen LogP contribution in [0.3, 0.4) is 0 Å². The summed E-state index contributed by atoms with van der Waals surface area (Å²) in [6, 6.07) is 7.05. The van der Waals surface area contributed by atoms with Crippen molar-refractivity contribution < 1.29 is 4.79 Å². The Morgan fingerprint density at radius 1 is 1.30 bits per heavy atom. The molecule has 1 N–H and O–H groups in total. The maximum Gasteiger partial charge on any atom is 0.241 e. The number of hydrogen-bond donors (Lipinski definition) is 1. The van der Waals surface area contributed by atoms with Gasteiger partial charge in [0.05, 0.1) is 28.9 Å². The third kappa shape index (κ3) is 3.88. The van der Waals surface area contributed by atoms with Gasteiger partial charge in [0.25, 0.3) is 0 Å². The quantitative estimate of drug-likeness (QED) is 0.931. The fourth-order valence-electron chi connectivity index (χ4n) is 2.33. The summed E-state index contributed by atoms with van der Waals surface area (Å²) in [6.45, 7) is 1.94. The first-order chi connectivity index (χ1) is 9.70. The largest absolute Gasteiger partial charge is 0.375 e. The van der Waals surface area contributed by atoms with Gasteiger partial charge in [-0.3, -0.25) is 4.79 Å². The van der Waals surface area contributed by atoms with E-state index in [1.165, 1.54) is 12.8 Å². The van der Waals surface area contributed by atoms with Gasteiger partial charge < -0.3 is 10.2 Å². The second-order valence-electron chi connectivity index (χ2n) is 4.95. The summed E-state index contributed by atoms with van der Waals surface area (Å²) < 4.78 is 0. The van der Waals surface area contributed by atoms with Crippen molar-refractivity contribution in [1.29, 1.82) is 5.26 Å². The van der Waals surface area contributed by atoms with Crippen LogP contribution in [0.15, 0.2) is 18.2 Å². The molecule has 5 heteroatoms. The van der Waals surface area contributed by atoms with Crippen LogP contribution < -0.4 is 5.32 Å². The predicted octanol–water partition coefficient (Wildman–Crippen LogP) is 3.03. The van der Waals surface area contributed by atoms with Crippen molar-refractivity contribution in [1.82, 2.24) is 4.90 Å². The zero-order valence-electron chi connectivity index (χ0n) is 11.4. The number of halogens is 1. The highest BCUT2D eigenvalue weighted by atomic mass is 35.5. The Morgan fingerprint density at radius 3 is 2.60 bits per heavy atom. The molecule has 1 fully saturated rings. The third-order valence-electron chi connectivity index (χ3n) is 3.49. The Balaban J connectivity index is 1.91. The zero-order chi connectivity index (χ0) is 14.4. The second-order valence-corrected chi connectivity index (χ2v) is 5.36. The molecule has 0 spiro atoms. The van der Waals surface area contributed by atoms with E-state index in [1.54, 1.807) is 18.2 Å². The van der Waals surface area contributed by atoms with Crippen molar-refractivity contribution in [2.24, 2.45) is 0 Å². The smallest absolute Gasteiger partial charge is 0.241 e. The number of nitrogens with zero attached hydrogens (tertiary/aromatic N) is 2. The van der Waals surface area contributed by atoms with Gasteiger partial charge in [-0.2, -0.15) is 5.26 Å². The summed E-state index contributed by atoms with van der Waals surface area (Å²) in [4.78, 5) is 14.0.